The third kappa shape index (κ3) is 4.88. The molecule has 2 aromatic rings. The Bertz CT molecular complexity index is 950. The van der Waals surface area contributed by atoms with Crippen molar-refractivity contribution in [1.82, 2.24) is 14.5 Å². The summed E-state index contributed by atoms with van der Waals surface area (Å²) in [4.78, 5) is 15.7. The molecule has 8 heteroatoms. The molecule has 0 saturated carbocycles. The molecule has 1 aromatic heterocycles. The quantitative estimate of drug-likeness (QED) is 0.759. The number of benzene rings is 1. The van der Waals surface area contributed by atoms with Crippen LogP contribution in [0.1, 0.15) is 28.8 Å². The summed E-state index contributed by atoms with van der Waals surface area (Å²) in [7, 11) is -3.48. The Morgan fingerprint density at radius 1 is 1.03 bits per heavy atom. The second kappa shape index (κ2) is 8.95. The van der Waals surface area contributed by atoms with E-state index in [1.807, 2.05) is 34.5 Å². The molecule has 1 aliphatic heterocycles. The van der Waals surface area contributed by atoms with Crippen molar-refractivity contribution in [3.8, 4) is 0 Å². The van der Waals surface area contributed by atoms with Crippen molar-refractivity contribution >= 4 is 27.3 Å². The van der Waals surface area contributed by atoms with E-state index in [2.05, 4.69) is 5.32 Å². The van der Waals surface area contributed by atoms with Crippen LogP contribution in [0.3, 0.4) is 0 Å². The van der Waals surface area contributed by atoms with Gasteiger partial charge in [-0.1, -0.05) is 12.1 Å². The van der Waals surface area contributed by atoms with Crippen molar-refractivity contribution < 1.29 is 13.2 Å². The molecule has 1 amide bonds. The Morgan fingerprint density at radius 3 is 2.52 bits per heavy atom. The van der Waals surface area contributed by atoms with Crippen LogP contribution >= 0.6 is 11.3 Å². The number of carbonyl (C=O) groups is 1. The van der Waals surface area contributed by atoms with Gasteiger partial charge in [-0.25, -0.2) is 8.42 Å². The van der Waals surface area contributed by atoms with Crippen molar-refractivity contribution in [2.45, 2.75) is 37.1 Å². The Kier molecular flexibility index (Phi) is 6.34. The lowest BCUT2D eigenvalue weighted by atomic mass is 9.92. The number of nitrogens with zero attached hydrogens (tertiary/aromatic N) is 2. The van der Waals surface area contributed by atoms with E-state index in [0.717, 1.165) is 24.1 Å². The normalized spacial score (nSPS) is 18.3. The third-order valence-corrected chi connectivity index (χ3v) is 8.47. The summed E-state index contributed by atoms with van der Waals surface area (Å²) >= 11 is 1.62. The number of aryl methyl sites for hydroxylation is 2. The Morgan fingerprint density at radius 2 is 1.79 bits per heavy atom. The number of nitrogens with one attached hydrogen (secondary N) is 1. The lowest BCUT2D eigenvalue weighted by Gasteiger charge is -2.33. The van der Waals surface area contributed by atoms with E-state index in [9.17, 15) is 13.2 Å². The molecule has 1 aliphatic carbocycles. The Hall–Kier alpha value is -1.74. The highest BCUT2D eigenvalue weighted by atomic mass is 32.2. The molecule has 1 saturated heterocycles. The van der Waals surface area contributed by atoms with Crippen LogP contribution in [0.2, 0.25) is 0 Å². The number of hydrogen-bond acceptors (Lipinski definition) is 5. The highest BCUT2D eigenvalue weighted by molar-refractivity contribution is 7.89. The fraction of sp³-hybridized carbons (Fsp3) is 0.476. The topological polar surface area (TPSA) is 69.7 Å². The Balaban J connectivity index is 1.31. The lowest BCUT2D eigenvalue weighted by Crippen LogP contribution is -2.50. The molecule has 2 aliphatic rings. The zero-order valence-corrected chi connectivity index (χ0v) is 18.1. The summed E-state index contributed by atoms with van der Waals surface area (Å²) in [6, 6.07) is 9.57. The van der Waals surface area contributed by atoms with Gasteiger partial charge >= 0.3 is 0 Å². The van der Waals surface area contributed by atoms with Gasteiger partial charge in [0.15, 0.2) is 0 Å². The molecule has 29 heavy (non-hydrogen) atoms. The van der Waals surface area contributed by atoms with Crippen LogP contribution in [0.25, 0.3) is 0 Å². The van der Waals surface area contributed by atoms with Crippen LogP contribution < -0.4 is 5.32 Å². The zero-order chi connectivity index (χ0) is 20.3. The maximum absolute atomic E-state index is 13.1. The van der Waals surface area contributed by atoms with E-state index < -0.39 is 10.0 Å². The lowest BCUT2D eigenvalue weighted by molar-refractivity contribution is -0.122. The molecule has 1 fully saturated rings. The summed E-state index contributed by atoms with van der Waals surface area (Å²) in [5, 5.41) is 4.92. The maximum Gasteiger partial charge on any atom is 0.243 e. The highest BCUT2D eigenvalue weighted by Gasteiger charge is 2.29. The van der Waals surface area contributed by atoms with Gasteiger partial charge in [0, 0.05) is 31.1 Å². The number of carbonyl (C=O) groups excluding carboxylic acids is 1. The number of rotatable bonds is 6. The molecule has 0 bridgehead atoms. The summed E-state index contributed by atoms with van der Waals surface area (Å²) < 4.78 is 27.7. The van der Waals surface area contributed by atoms with E-state index in [-0.39, 0.29) is 5.91 Å². The first-order valence-corrected chi connectivity index (χ1v) is 12.5. The van der Waals surface area contributed by atoms with Crippen LogP contribution in [-0.2, 0) is 34.2 Å². The van der Waals surface area contributed by atoms with Gasteiger partial charge in [0.05, 0.1) is 18.0 Å². The zero-order valence-electron chi connectivity index (χ0n) is 16.5. The van der Waals surface area contributed by atoms with Gasteiger partial charge in [-0.05, 0) is 60.4 Å². The van der Waals surface area contributed by atoms with Gasteiger partial charge in [0.1, 0.15) is 0 Å². The predicted molar refractivity (Wildman–Crippen MR) is 114 cm³/mol. The van der Waals surface area contributed by atoms with Crippen LogP contribution in [-0.4, -0.2) is 56.3 Å². The second-order valence-corrected chi connectivity index (χ2v) is 10.6. The average molecular weight is 434 g/mol. The van der Waals surface area contributed by atoms with Crippen LogP contribution in [0.5, 0.6) is 0 Å². The molecule has 0 unspecified atom stereocenters. The SMILES string of the molecule is O=C(CN1CCN(S(=O)(=O)c2ccc3c(c2)CCCC3)CC1)NCc1cccs1. The van der Waals surface area contributed by atoms with Crippen molar-refractivity contribution in [2.75, 3.05) is 32.7 Å². The van der Waals surface area contributed by atoms with E-state index in [0.29, 0.717) is 44.2 Å². The van der Waals surface area contributed by atoms with E-state index in [4.69, 9.17) is 0 Å². The number of sulfonamides is 1. The van der Waals surface area contributed by atoms with Gasteiger partial charge < -0.3 is 5.32 Å². The third-order valence-electron chi connectivity index (χ3n) is 5.70. The van der Waals surface area contributed by atoms with Crippen molar-refractivity contribution in [1.29, 1.82) is 0 Å². The standard InChI is InChI=1S/C21H27N3O3S2/c25-21(22-15-19-6-3-13-28-19)16-23-9-11-24(12-10-23)29(26,27)20-8-7-17-4-1-2-5-18(17)14-20/h3,6-8,13-14H,1-2,4-5,9-12,15-16H2,(H,22,25). The van der Waals surface area contributed by atoms with E-state index in [1.54, 1.807) is 21.7 Å². The molecule has 4 rings (SSSR count). The van der Waals surface area contributed by atoms with Gasteiger partial charge in [-0.15, -0.1) is 11.3 Å². The fourth-order valence-corrected chi connectivity index (χ4v) is 6.12. The molecule has 1 aromatic carbocycles. The van der Waals surface area contributed by atoms with Gasteiger partial charge in [0.2, 0.25) is 15.9 Å². The maximum atomic E-state index is 13.1. The number of fused-ring (bicyclic) bond motifs is 1. The van der Waals surface area contributed by atoms with E-state index >= 15 is 0 Å². The van der Waals surface area contributed by atoms with Gasteiger partial charge in [0.25, 0.3) is 0 Å². The molecule has 0 radical (unpaired) electrons. The minimum absolute atomic E-state index is 0.0237. The first-order valence-electron chi connectivity index (χ1n) is 10.2. The van der Waals surface area contributed by atoms with Crippen LogP contribution in [0.4, 0.5) is 0 Å². The first-order chi connectivity index (χ1) is 14.0. The molecule has 6 nitrogen and oxygen atoms in total. The number of piperazine rings is 1. The number of amides is 1. The highest BCUT2D eigenvalue weighted by Crippen LogP contribution is 2.26. The average Bonchev–Trinajstić information content (AvgIpc) is 3.26. The van der Waals surface area contributed by atoms with E-state index in [1.165, 1.54) is 17.5 Å². The Labute approximate surface area is 176 Å². The first kappa shape index (κ1) is 20.5. The molecule has 0 atom stereocenters. The monoisotopic (exact) mass is 433 g/mol. The number of hydrogen-bond donors (Lipinski definition) is 1. The summed E-state index contributed by atoms with van der Waals surface area (Å²) in [5.41, 5.74) is 2.46. The summed E-state index contributed by atoms with van der Waals surface area (Å²) in [5.74, 6) is -0.0237. The smallest absolute Gasteiger partial charge is 0.243 e. The minimum Gasteiger partial charge on any atom is -0.350 e. The van der Waals surface area contributed by atoms with Crippen LogP contribution in [0.15, 0.2) is 40.6 Å². The van der Waals surface area contributed by atoms with Crippen LogP contribution in [0, 0.1) is 0 Å². The molecule has 0 spiro atoms. The summed E-state index contributed by atoms with van der Waals surface area (Å²) in [6.07, 6.45) is 4.32. The minimum atomic E-state index is -3.48. The largest absolute Gasteiger partial charge is 0.350 e. The fourth-order valence-electron chi connectivity index (χ4n) is 4.01. The van der Waals surface area contributed by atoms with Gasteiger partial charge in [-0.2, -0.15) is 4.31 Å². The van der Waals surface area contributed by atoms with Crippen molar-refractivity contribution in [3.63, 3.8) is 0 Å². The molecular formula is C21H27N3O3S2. The molecule has 2 heterocycles. The summed E-state index contributed by atoms with van der Waals surface area (Å²) in [6.45, 7) is 2.81. The molecular weight excluding hydrogens is 406 g/mol. The molecule has 156 valence electrons. The predicted octanol–water partition coefficient (Wildman–Crippen LogP) is 2.25. The molecule has 1 N–H and O–H groups in total. The second-order valence-electron chi connectivity index (χ2n) is 7.67. The van der Waals surface area contributed by atoms with Crippen molar-refractivity contribution in [3.05, 3.63) is 51.7 Å². The number of thiophene rings is 1. The van der Waals surface area contributed by atoms with Gasteiger partial charge in [-0.3, -0.25) is 9.69 Å². The van der Waals surface area contributed by atoms with Crippen molar-refractivity contribution in [2.24, 2.45) is 0 Å².